The van der Waals surface area contributed by atoms with Crippen molar-refractivity contribution in [3.05, 3.63) is 58.9 Å². The van der Waals surface area contributed by atoms with Gasteiger partial charge in [-0.25, -0.2) is 12.8 Å². The summed E-state index contributed by atoms with van der Waals surface area (Å²) >= 11 is 5.83. The van der Waals surface area contributed by atoms with Crippen molar-refractivity contribution in [3.8, 4) is 0 Å². The Labute approximate surface area is 127 Å². The molecule has 2 N–H and O–H groups in total. The Bertz CT molecular complexity index is 732. The summed E-state index contributed by atoms with van der Waals surface area (Å²) in [6, 6.07) is 9.49. The van der Waals surface area contributed by atoms with Crippen molar-refractivity contribution in [2.45, 2.75) is 11.3 Å². The van der Waals surface area contributed by atoms with E-state index in [1.165, 1.54) is 18.2 Å². The van der Waals surface area contributed by atoms with Crippen LogP contribution in [0.1, 0.15) is 5.56 Å². The highest BCUT2D eigenvalue weighted by molar-refractivity contribution is 7.92. The van der Waals surface area contributed by atoms with E-state index < -0.39 is 15.8 Å². The Morgan fingerprint density at radius 1 is 1.14 bits per heavy atom. The van der Waals surface area contributed by atoms with E-state index in [1.807, 2.05) is 0 Å². The second-order valence-electron chi connectivity index (χ2n) is 4.35. The summed E-state index contributed by atoms with van der Waals surface area (Å²) < 4.78 is 39.8. The maximum absolute atomic E-state index is 13.1. The Balaban J connectivity index is 2.27. The second-order valence-corrected chi connectivity index (χ2v) is 6.44. The third-order valence-electron chi connectivity index (χ3n) is 2.81. The van der Waals surface area contributed by atoms with E-state index in [9.17, 15) is 12.8 Å². The van der Waals surface area contributed by atoms with Crippen molar-refractivity contribution in [1.29, 1.82) is 0 Å². The highest BCUT2D eigenvalue weighted by Gasteiger charge is 2.16. The summed E-state index contributed by atoms with van der Waals surface area (Å²) in [6.45, 7) is -0.0107. The Morgan fingerprint density at radius 3 is 2.43 bits per heavy atom. The highest BCUT2D eigenvalue weighted by atomic mass is 35.5. The summed E-state index contributed by atoms with van der Waals surface area (Å²) in [5.41, 5.74) is 0.802. The van der Waals surface area contributed by atoms with Crippen molar-refractivity contribution < 1.29 is 17.9 Å². The van der Waals surface area contributed by atoms with Crippen molar-refractivity contribution in [2.24, 2.45) is 0 Å². The SMILES string of the molecule is O=S(=O)(Nc1cc(F)ccc1Cl)c1ccc(CCO)cc1. The summed E-state index contributed by atoms with van der Waals surface area (Å²) in [5.74, 6) is -0.588. The number of hydrogen-bond acceptors (Lipinski definition) is 3. The largest absolute Gasteiger partial charge is 0.396 e. The van der Waals surface area contributed by atoms with Crippen LogP contribution in [0.5, 0.6) is 0 Å². The summed E-state index contributed by atoms with van der Waals surface area (Å²) in [7, 11) is -3.85. The number of nitrogens with one attached hydrogen (secondary N) is 1. The van der Waals surface area contributed by atoms with Crippen LogP contribution in [0, 0.1) is 5.82 Å². The molecular formula is C14H13ClFNO3S. The molecule has 2 aromatic carbocycles. The van der Waals surface area contributed by atoms with E-state index in [2.05, 4.69) is 4.72 Å². The summed E-state index contributed by atoms with van der Waals surface area (Å²) in [5, 5.41) is 8.93. The highest BCUT2D eigenvalue weighted by Crippen LogP contribution is 2.25. The molecule has 0 aliphatic heterocycles. The monoisotopic (exact) mass is 329 g/mol. The fraction of sp³-hybridized carbons (Fsp3) is 0.143. The smallest absolute Gasteiger partial charge is 0.261 e. The molecule has 0 saturated heterocycles. The lowest BCUT2D eigenvalue weighted by Crippen LogP contribution is -2.13. The van der Waals surface area contributed by atoms with Gasteiger partial charge in [-0.2, -0.15) is 0 Å². The molecule has 0 saturated carbocycles. The number of aliphatic hydroxyl groups is 1. The molecule has 0 aromatic heterocycles. The predicted molar refractivity (Wildman–Crippen MR) is 79.5 cm³/mol. The molecule has 0 aliphatic rings. The fourth-order valence-electron chi connectivity index (χ4n) is 1.74. The van der Waals surface area contributed by atoms with Crippen molar-refractivity contribution in [2.75, 3.05) is 11.3 Å². The Kier molecular flexibility index (Phi) is 4.82. The molecule has 21 heavy (non-hydrogen) atoms. The molecule has 0 atom stereocenters. The number of rotatable bonds is 5. The second kappa shape index (κ2) is 6.43. The predicted octanol–water partition coefficient (Wildman–Crippen LogP) is 2.81. The van der Waals surface area contributed by atoms with Crippen LogP contribution in [-0.4, -0.2) is 20.1 Å². The van der Waals surface area contributed by atoms with Crippen LogP contribution in [0.4, 0.5) is 10.1 Å². The van der Waals surface area contributed by atoms with Gasteiger partial charge in [0.15, 0.2) is 0 Å². The Hall–Kier alpha value is -1.63. The summed E-state index contributed by atoms with van der Waals surface area (Å²) in [6.07, 6.45) is 0.448. The molecule has 7 heteroatoms. The molecule has 0 unspecified atom stereocenters. The van der Waals surface area contributed by atoms with E-state index in [0.717, 1.165) is 17.7 Å². The number of aliphatic hydroxyl groups excluding tert-OH is 1. The van der Waals surface area contributed by atoms with Gasteiger partial charge >= 0.3 is 0 Å². The molecule has 0 bridgehead atoms. The minimum atomic E-state index is -3.85. The molecular weight excluding hydrogens is 317 g/mol. The molecule has 0 fully saturated rings. The van der Waals surface area contributed by atoms with Gasteiger partial charge in [0.1, 0.15) is 5.82 Å². The van der Waals surface area contributed by atoms with E-state index in [0.29, 0.717) is 6.42 Å². The van der Waals surface area contributed by atoms with Crippen LogP contribution in [0.15, 0.2) is 47.4 Å². The number of sulfonamides is 1. The van der Waals surface area contributed by atoms with Crippen molar-refractivity contribution in [3.63, 3.8) is 0 Å². The first-order valence-corrected chi connectivity index (χ1v) is 7.96. The Morgan fingerprint density at radius 2 is 1.81 bits per heavy atom. The van der Waals surface area contributed by atoms with Gasteiger partial charge in [-0.05, 0) is 42.3 Å². The van der Waals surface area contributed by atoms with Gasteiger partial charge < -0.3 is 5.11 Å². The standard InChI is InChI=1S/C14H13ClFNO3S/c15-13-6-3-11(16)9-14(13)17-21(19,20)12-4-1-10(2-5-12)7-8-18/h1-6,9,17-18H,7-8H2. The number of anilines is 1. The molecule has 4 nitrogen and oxygen atoms in total. The van der Waals surface area contributed by atoms with Gasteiger partial charge in [0.2, 0.25) is 0 Å². The van der Waals surface area contributed by atoms with E-state index in [-0.39, 0.29) is 22.2 Å². The van der Waals surface area contributed by atoms with Crippen LogP contribution in [0.3, 0.4) is 0 Å². The van der Waals surface area contributed by atoms with E-state index in [4.69, 9.17) is 16.7 Å². The average molecular weight is 330 g/mol. The van der Waals surface area contributed by atoms with Gasteiger partial charge in [-0.1, -0.05) is 23.7 Å². The minimum absolute atomic E-state index is 0.0107. The van der Waals surface area contributed by atoms with Crippen LogP contribution in [0.25, 0.3) is 0 Å². The van der Waals surface area contributed by atoms with Crippen molar-refractivity contribution >= 4 is 27.3 Å². The average Bonchev–Trinajstić information content (AvgIpc) is 2.44. The molecule has 0 radical (unpaired) electrons. The number of benzene rings is 2. The maximum Gasteiger partial charge on any atom is 0.261 e. The van der Waals surface area contributed by atoms with Gasteiger partial charge in [-0.3, -0.25) is 4.72 Å². The first-order valence-electron chi connectivity index (χ1n) is 6.10. The van der Waals surface area contributed by atoms with Crippen LogP contribution in [0.2, 0.25) is 5.02 Å². The molecule has 0 heterocycles. The third-order valence-corrected chi connectivity index (χ3v) is 4.52. The van der Waals surface area contributed by atoms with E-state index >= 15 is 0 Å². The molecule has 0 amide bonds. The molecule has 112 valence electrons. The minimum Gasteiger partial charge on any atom is -0.396 e. The van der Waals surface area contributed by atoms with Gasteiger partial charge in [0, 0.05) is 6.61 Å². The van der Waals surface area contributed by atoms with Crippen LogP contribution < -0.4 is 4.72 Å². The third kappa shape index (κ3) is 3.93. The van der Waals surface area contributed by atoms with Crippen molar-refractivity contribution in [1.82, 2.24) is 0 Å². The van der Waals surface area contributed by atoms with Gasteiger partial charge in [0.25, 0.3) is 10.0 Å². The molecule has 2 aromatic rings. The number of hydrogen-bond donors (Lipinski definition) is 2. The molecule has 0 aliphatic carbocycles. The van der Waals surface area contributed by atoms with Crippen LogP contribution in [-0.2, 0) is 16.4 Å². The number of halogens is 2. The topological polar surface area (TPSA) is 66.4 Å². The lowest BCUT2D eigenvalue weighted by atomic mass is 10.2. The van der Waals surface area contributed by atoms with Gasteiger partial charge in [0.05, 0.1) is 15.6 Å². The normalized spacial score (nSPS) is 11.4. The zero-order chi connectivity index (χ0) is 15.5. The first kappa shape index (κ1) is 15.8. The van der Waals surface area contributed by atoms with Gasteiger partial charge in [-0.15, -0.1) is 0 Å². The maximum atomic E-state index is 13.1. The fourth-order valence-corrected chi connectivity index (χ4v) is 3.04. The summed E-state index contributed by atoms with van der Waals surface area (Å²) in [4.78, 5) is 0.0320. The quantitative estimate of drug-likeness (QED) is 0.886. The van der Waals surface area contributed by atoms with Crippen LogP contribution >= 0.6 is 11.6 Å². The van der Waals surface area contributed by atoms with E-state index in [1.54, 1.807) is 12.1 Å². The molecule has 0 spiro atoms. The zero-order valence-electron chi connectivity index (χ0n) is 10.9. The lowest BCUT2D eigenvalue weighted by molar-refractivity contribution is 0.299. The molecule has 2 rings (SSSR count). The first-order chi connectivity index (χ1) is 9.92. The zero-order valence-corrected chi connectivity index (χ0v) is 12.5. The lowest BCUT2D eigenvalue weighted by Gasteiger charge is -2.10.